The molecule has 0 aromatic heterocycles. The van der Waals surface area contributed by atoms with Gasteiger partial charge in [0.2, 0.25) is 0 Å². The molecular weight excluding hydrogens is 146 g/mol. The van der Waals surface area contributed by atoms with Crippen LogP contribution in [0, 0.1) is 0 Å². The molecule has 2 aliphatic heterocycles. The molecule has 0 spiro atoms. The van der Waals surface area contributed by atoms with Gasteiger partial charge in [-0.1, -0.05) is 11.0 Å². The minimum atomic E-state index is -0.910. The van der Waals surface area contributed by atoms with E-state index in [1.54, 1.807) is 11.6 Å². The van der Waals surface area contributed by atoms with Crippen molar-refractivity contribution in [2.75, 3.05) is 0 Å². The van der Waals surface area contributed by atoms with Gasteiger partial charge in [0.25, 0.3) is 0 Å². The Labute approximate surface area is 61.0 Å². The second kappa shape index (κ2) is 2.02. The molecule has 0 unspecified atom stereocenters. The fourth-order valence-electron chi connectivity index (χ4n) is 0.947. The third-order valence-electron chi connectivity index (χ3n) is 1.45. The third-order valence-corrected chi connectivity index (χ3v) is 2.62. The summed E-state index contributed by atoms with van der Waals surface area (Å²) < 4.78 is 11.1. The zero-order valence-electron chi connectivity index (χ0n) is 5.20. The first-order chi connectivity index (χ1) is 4.88. The van der Waals surface area contributed by atoms with Crippen molar-refractivity contribution in [2.45, 2.75) is 0 Å². The predicted molar refractivity (Wildman–Crippen MR) is 42.6 cm³/mol. The van der Waals surface area contributed by atoms with Gasteiger partial charge in [-0.15, -0.1) is 0 Å². The molecule has 0 bridgehead atoms. The summed E-state index contributed by atoms with van der Waals surface area (Å²) >= 11 is 0. The highest BCUT2D eigenvalue weighted by atomic mass is 32.2. The maximum absolute atomic E-state index is 11.1. The molecule has 0 aromatic carbocycles. The monoisotopic (exact) mass is 152 g/mol. The Morgan fingerprint density at radius 3 is 3.20 bits per heavy atom. The highest BCUT2D eigenvalue weighted by Crippen LogP contribution is 2.18. The maximum atomic E-state index is 11.1. The topological polar surface area (TPSA) is 29.1 Å². The summed E-state index contributed by atoms with van der Waals surface area (Å²) in [6.45, 7) is 0. The first kappa shape index (κ1) is 5.80. The number of allylic oxidation sites excluding steroid dienone is 3. The number of hydrogen-bond donors (Lipinski definition) is 1. The molecule has 52 valence electrons. The van der Waals surface area contributed by atoms with Crippen LogP contribution in [-0.2, 0) is 14.6 Å². The van der Waals surface area contributed by atoms with Crippen molar-refractivity contribution in [3.8, 4) is 0 Å². The summed E-state index contributed by atoms with van der Waals surface area (Å²) in [6.07, 6.45) is 7.38. The number of dihydropyridines is 1. The largest absolute Gasteiger partial charge is 0.457 e. The second-order valence-corrected chi connectivity index (χ2v) is 3.37. The van der Waals surface area contributed by atoms with Gasteiger partial charge >= 0.3 is 0 Å². The van der Waals surface area contributed by atoms with Crippen LogP contribution in [0.5, 0.6) is 0 Å². The highest BCUT2D eigenvalue weighted by molar-refractivity contribution is 7.88. The van der Waals surface area contributed by atoms with Crippen LogP contribution in [0.1, 0.15) is 0 Å². The Hall–Kier alpha value is -0.960. The van der Waals surface area contributed by atoms with Crippen LogP contribution >= 0.6 is 0 Å². The van der Waals surface area contributed by atoms with E-state index < -0.39 is 10.4 Å². The van der Waals surface area contributed by atoms with E-state index in [1.807, 2.05) is 18.4 Å². The van der Waals surface area contributed by atoms with Crippen LogP contribution in [-0.4, -0.2) is 5.37 Å². The smallest absolute Gasteiger partial charge is 0.000917 e. The lowest BCUT2D eigenvalue weighted by molar-refractivity contribution is 0.606. The van der Waals surface area contributed by atoms with Gasteiger partial charge in [-0.05, 0) is 17.8 Å². The van der Waals surface area contributed by atoms with Crippen molar-refractivity contribution in [1.82, 2.24) is 5.32 Å². The molecule has 0 amide bonds. The average molecular weight is 152 g/mol. The normalized spacial score (nSPS) is 22.4. The van der Waals surface area contributed by atoms with Gasteiger partial charge < -0.3 is 9.53 Å². The molecule has 0 atom stereocenters. The number of hydrogen-bond acceptors (Lipinski definition) is 3. The Balaban J connectivity index is 2.54. The zero-order chi connectivity index (χ0) is 6.97. The lowest BCUT2D eigenvalue weighted by atomic mass is 10.2. The summed E-state index contributed by atoms with van der Waals surface area (Å²) in [7, 11) is -0.910. The van der Waals surface area contributed by atoms with Crippen molar-refractivity contribution in [3.05, 3.63) is 35.0 Å². The standard InChI is InChI=1S/C7H6NOS/c9-10-4-2-6-1-3-8-5-7(6)10/h1-5,8H/q-1. The van der Waals surface area contributed by atoms with Crippen LogP contribution < -0.4 is 5.32 Å². The fraction of sp³-hybridized carbons (Fsp3) is 0. The van der Waals surface area contributed by atoms with E-state index in [9.17, 15) is 4.21 Å². The van der Waals surface area contributed by atoms with Gasteiger partial charge in [0, 0.05) is 6.20 Å². The molecule has 0 saturated heterocycles. The second-order valence-electron chi connectivity index (χ2n) is 2.06. The zero-order valence-corrected chi connectivity index (χ0v) is 6.02. The number of fused-ring (bicyclic) bond motifs is 1. The van der Waals surface area contributed by atoms with E-state index in [4.69, 9.17) is 0 Å². The van der Waals surface area contributed by atoms with Crippen molar-refractivity contribution < 1.29 is 4.21 Å². The average Bonchev–Trinajstić information content (AvgIpc) is 2.34. The first-order valence-corrected chi connectivity index (χ1v) is 4.18. The van der Waals surface area contributed by atoms with E-state index in [2.05, 4.69) is 5.32 Å². The van der Waals surface area contributed by atoms with Gasteiger partial charge in [0.05, 0.1) is 0 Å². The molecule has 10 heavy (non-hydrogen) atoms. The molecule has 0 fully saturated rings. The van der Waals surface area contributed by atoms with E-state index in [-0.39, 0.29) is 0 Å². The summed E-state index contributed by atoms with van der Waals surface area (Å²) in [5.74, 6) is 0. The third kappa shape index (κ3) is 0.708. The Morgan fingerprint density at radius 2 is 2.40 bits per heavy atom. The predicted octanol–water partition coefficient (Wildman–Crippen LogP) is 0.651. The summed E-state index contributed by atoms with van der Waals surface area (Å²) in [5, 5.41) is 4.58. The van der Waals surface area contributed by atoms with Gasteiger partial charge in [0.15, 0.2) is 0 Å². The van der Waals surface area contributed by atoms with Crippen LogP contribution in [0.2, 0.25) is 0 Å². The van der Waals surface area contributed by atoms with Crippen LogP contribution in [0.15, 0.2) is 35.0 Å². The van der Waals surface area contributed by atoms with Crippen molar-refractivity contribution in [2.24, 2.45) is 0 Å². The van der Waals surface area contributed by atoms with Gasteiger partial charge in [-0.25, -0.2) is 10.4 Å². The Morgan fingerprint density at radius 1 is 1.50 bits per heavy atom. The Kier molecular flexibility index (Phi) is 1.17. The highest BCUT2D eigenvalue weighted by Gasteiger charge is 2.00. The van der Waals surface area contributed by atoms with Crippen molar-refractivity contribution in [3.63, 3.8) is 0 Å². The quantitative estimate of drug-likeness (QED) is 0.408. The number of rotatable bonds is 0. The molecule has 3 heteroatoms. The van der Waals surface area contributed by atoms with Crippen molar-refractivity contribution >= 4 is 15.8 Å². The van der Waals surface area contributed by atoms with Crippen LogP contribution in [0.25, 0.3) is 0 Å². The molecular formula is C7H6NOS-. The Bertz CT molecular complexity index is 330. The van der Waals surface area contributed by atoms with E-state index in [0.29, 0.717) is 0 Å². The van der Waals surface area contributed by atoms with Crippen LogP contribution in [0.4, 0.5) is 0 Å². The van der Waals surface area contributed by atoms with Gasteiger partial charge in [-0.2, -0.15) is 5.37 Å². The van der Waals surface area contributed by atoms with E-state index >= 15 is 0 Å². The number of nitrogens with one attached hydrogen (secondary N) is 1. The van der Waals surface area contributed by atoms with Crippen LogP contribution in [0.3, 0.4) is 0 Å². The fourth-order valence-corrected chi connectivity index (χ4v) is 1.92. The first-order valence-electron chi connectivity index (χ1n) is 2.97. The molecule has 1 N–H and O–H groups in total. The van der Waals surface area contributed by atoms with Gasteiger partial charge in [0.1, 0.15) is 0 Å². The maximum Gasteiger partial charge on any atom is 0.000917 e. The molecule has 2 rings (SSSR count). The van der Waals surface area contributed by atoms with Crippen molar-refractivity contribution in [1.29, 1.82) is 0 Å². The SMILES string of the molecule is O=[S-]1=CC=C2C=CNC=C21. The molecule has 2 aliphatic rings. The minimum Gasteiger partial charge on any atom is -0.457 e. The summed E-state index contributed by atoms with van der Waals surface area (Å²) in [6, 6.07) is 0. The molecule has 2 nitrogen and oxygen atoms in total. The van der Waals surface area contributed by atoms with E-state index in [1.165, 1.54) is 0 Å². The summed E-state index contributed by atoms with van der Waals surface area (Å²) in [4.78, 5) is 0.877. The lowest BCUT2D eigenvalue weighted by Crippen LogP contribution is -2.01. The van der Waals surface area contributed by atoms with E-state index in [0.717, 1.165) is 10.5 Å². The summed E-state index contributed by atoms with van der Waals surface area (Å²) in [5.41, 5.74) is 1.05. The molecule has 0 radical (unpaired) electrons. The molecule has 0 saturated carbocycles. The minimum absolute atomic E-state index is 0.877. The lowest BCUT2D eigenvalue weighted by Gasteiger charge is -2.11. The molecule has 2 heterocycles. The van der Waals surface area contributed by atoms with Gasteiger partial charge in [-0.3, -0.25) is 0 Å². The molecule has 0 aliphatic carbocycles. The molecule has 0 aromatic rings.